The van der Waals surface area contributed by atoms with Crippen LogP contribution in [0.2, 0.25) is 0 Å². The molecule has 0 aliphatic carbocycles. The van der Waals surface area contributed by atoms with Gasteiger partial charge in [0, 0.05) is 6.16 Å². The van der Waals surface area contributed by atoms with Crippen LogP contribution in [0.5, 0.6) is 0 Å². The lowest BCUT2D eigenvalue weighted by Gasteiger charge is -2.14. The van der Waals surface area contributed by atoms with Crippen molar-refractivity contribution in [3.05, 3.63) is 35.9 Å². The molecule has 16 heavy (non-hydrogen) atoms. The standard InChI is InChI=1S/C12H19O2PS/c1-2-14-15(13,16)11-7-6-10-12-8-4-3-5-9-12/h3-5,8-9H,2,6-7,10-11H2,1H3,(H,13,16). The van der Waals surface area contributed by atoms with Crippen molar-refractivity contribution in [1.82, 2.24) is 0 Å². The highest BCUT2D eigenvalue weighted by Gasteiger charge is 2.11. The zero-order valence-electron chi connectivity index (χ0n) is 9.63. The number of unbranched alkanes of at least 4 members (excludes halogenated alkanes) is 1. The lowest BCUT2D eigenvalue weighted by molar-refractivity contribution is 0.326. The van der Waals surface area contributed by atoms with E-state index >= 15 is 0 Å². The van der Waals surface area contributed by atoms with E-state index in [1.807, 2.05) is 25.1 Å². The van der Waals surface area contributed by atoms with E-state index in [1.165, 1.54) is 5.56 Å². The summed E-state index contributed by atoms with van der Waals surface area (Å²) in [5.41, 5.74) is 1.34. The molecule has 90 valence electrons. The summed E-state index contributed by atoms with van der Waals surface area (Å²) in [6.45, 7) is -0.112. The largest absolute Gasteiger partial charge is 0.345 e. The molecule has 0 bridgehead atoms. The minimum atomic E-state index is -2.48. The van der Waals surface area contributed by atoms with Crippen LogP contribution in [0.15, 0.2) is 30.3 Å². The molecule has 2 nitrogen and oxygen atoms in total. The third kappa shape index (κ3) is 5.76. The third-order valence-electron chi connectivity index (χ3n) is 2.33. The Kier molecular flexibility index (Phi) is 6.22. The van der Waals surface area contributed by atoms with E-state index in [4.69, 9.17) is 16.3 Å². The second-order valence-electron chi connectivity index (χ2n) is 3.72. The van der Waals surface area contributed by atoms with Gasteiger partial charge in [0.25, 0.3) is 0 Å². The van der Waals surface area contributed by atoms with Crippen LogP contribution in [0.3, 0.4) is 0 Å². The van der Waals surface area contributed by atoms with Crippen LogP contribution < -0.4 is 0 Å². The van der Waals surface area contributed by atoms with Crippen molar-refractivity contribution in [3.63, 3.8) is 0 Å². The van der Waals surface area contributed by atoms with Crippen LogP contribution in [-0.2, 0) is 22.8 Å². The molecule has 0 radical (unpaired) electrons. The highest BCUT2D eigenvalue weighted by molar-refractivity contribution is 8.09. The molecule has 0 aliphatic rings. The van der Waals surface area contributed by atoms with E-state index in [-0.39, 0.29) is 0 Å². The molecule has 0 spiro atoms. The van der Waals surface area contributed by atoms with E-state index in [1.54, 1.807) is 0 Å². The molecular weight excluding hydrogens is 239 g/mol. The molecule has 1 rings (SSSR count). The Labute approximate surface area is 103 Å². The summed E-state index contributed by atoms with van der Waals surface area (Å²) >= 11 is 5.02. The first-order chi connectivity index (χ1) is 7.64. The molecule has 0 aromatic heterocycles. The molecule has 0 saturated carbocycles. The predicted octanol–water partition coefficient (Wildman–Crippen LogP) is 3.35. The Morgan fingerprint density at radius 3 is 2.56 bits per heavy atom. The minimum Gasteiger partial charge on any atom is -0.345 e. The Bertz CT molecular complexity index is 340. The van der Waals surface area contributed by atoms with Gasteiger partial charge in [0.05, 0.1) is 6.61 Å². The highest BCUT2D eigenvalue weighted by atomic mass is 32.5. The average Bonchev–Trinajstić information content (AvgIpc) is 2.26. The van der Waals surface area contributed by atoms with Gasteiger partial charge < -0.3 is 9.42 Å². The molecule has 4 heteroatoms. The molecule has 1 atom stereocenters. The van der Waals surface area contributed by atoms with Gasteiger partial charge in [-0.15, -0.1) is 0 Å². The Hall–Kier alpha value is -0.210. The molecule has 1 unspecified atom stereocenters. The predicted molar refractivity (Wildman–Crippen MR) is 72.4 cm³/mol. The second-order valence-corrected chi connectivity index (χ2v) is 7.41. The molecule has 0 aliphatic heterocycles. The highest BCUT2D eigenvalue weighted by Crippen LogP contribution is 2.42. The van der Waals surface area contributed by atoms with Crippen molar-refractivity contribution in [2.75, 3.05) is 12.8 Å². The molecular formula is C12H19O2PS. The number of hydrogen-bond donors (Lipinski definition) is 1. The van der Waals surface area contributed by atoms with Crippen LogP contribution in [0.4, 0.5) is 0 Å². The van der Waals surface area contributed by atoms with Crippen molar-refractivity contribution >= 4 is 18.3 Å². The van der Waals surface area contributed by atoms with Gasteiger partial charge in [0.15, 0.2) is 6.49 Å². The molecule has 0 heterocycles. The summed E-state index contributed by atoms with van der Waals surface area (Å²) in [5.74, 6) is 0. The molecule has 0 fully saturated rings. The van der Waals surface area contributed by atoms with E-state index in [0.717, 1.165) is 19.3 Å². The summed E-state index contributed by atoms with van der Waals surface area (Å²) in [5, 5.41) is 0. The van der Waals surface area contributed by atoms with Crippen LogP contribution in [0.25, 0.3) is 0 Å². The minimum absolute atomic E-state index is 0.506. The quantitative estimate of drug-likeness (QED) is 0.601. The van der Waals surface area contributed by atoms with E-state index < -0.39 is 6.49 Å². The maximum absolute atomic E-state index is 9.72. The fourth-order valence-corrected chi connectivity index (χ4v) is 3.41. The van der Waals surface area contributed by atoms with Gasteiger partial charge in [-0.3, -0.25) is 0 Å². The van der Waals surface area contributed by atoms with Gasteiger partial charge in [-0.1, -0.05) is 30.3 Å². The van der Waals surface area contributed by atoms with Gasteiger partial charge in [0.1, 0.15) is 0 Å². The van der Waals surface area contributed by atoms with Gasteiger partial charge >= 0.3 is 0 Å². The maximum Gasteiger partial charge on any atom is 0.186 e. The molecule has 0 saturated heterocycles. The molecule has 1 aromatic carbocycles. The summed E-state index contributed by atoms with van der Waals surface area (Å²) in [7, 11) is 0. The molecule has 1 aromatic rings. The van der Waals surface area contributed by atoms with E-state index in [2.05, 4.69) is 12.1 Å². The van der Waals surface area contributed by atoms with Crippen molar-refractivity contribution in [2.24, 2.45) is 0 Å². The van der Waals surface area contributed by atoms with Crippen molar-refractivity contribution in [2.45, 2.75) is 26.2 Å². The first-order valence-corrected chi connectivity index (χ1v) is 8.50. The van der Waals surface area contributed by atoms with Crippen molar-refractivity contribution in [1.29, 1.82) is 0 Å². The van der Waals surface area contributed by atoms with Crippen molar-refractivity contribution in [3.8, 4) is 0 Å². The first-order valence-electron chi connectivity index (χ1n) is 5.64. The molecule has 0 amide bonds. The number of benzene rings is 1. The maximum atomic E-state index is 9.72. The normalized spacial score (nSPS) is 14.6. The zero-order valence-corrected chi connectivity index (χ0v) is 11.3. The topological polar surface area (TPSA) is 29.5 Å². The van der Waals surface area contributed by atoms with Crippen molar-refractivity contribution < 1.29 is 9.42 Å². The Morgan fingerprint density at radius 2 is 1.94 bits per heavy atom. The fourth-order valence-electron chi connectivity index (χ4n) is 1.55. The van der Waals surface area contributed by atoms with Gasteiger partial charge in [0.2, 0.25) is 0 Å². The lowest BCUT2D eigenvalue weighted by Crippen LogP contribution is -1.95. The van der Waals surface area contributed by atoms with Crippen LogP contribution in [-0.4, -0.2) is 17.7 Å². The first kappa shape index (κ1) is 13.9. The van der Waals surface area contributed by atoms with Gasteiger partial charge in [-0.25, -0.2) is 0 Å². The van der Waals surface area contributed by atoms with Crippen LogP contribution in [0, 0.1) is 0 Å². The molecule has 1 N–H and O–H groups in total. The fraction of sp³-hybridized carbons (Fsp3) is 0.500. The van der Waals surface area contributed by atoms with Gasteiger partial charge in [-0.05, 0) is 43.6 Å². The van der Waals surface area contributed by atoms with Crippen LogP contribution >= 0.6 is 6.49 Å². The lowest BCUT2D eigenvalue weighted by atomic mass is 10.1. The summed E-state index contributed by atoms with van der Waals surface area (Å²) in [4.78, 5) is 9.72. The Morgan fingerprint density at radius 1 is 1.25 bits per heavy atom. The Balaban J connectivity index is 2.20. The monoisotopic (exact) mass is 258 g/mol. The average molecular weight is 258 g/mol. The number of aryl methyl sites for hydroxylation is 1. The zero-order chi connectivity index (χ0) is 11.9. The van der Waals surface area contributed by atoms with E-state index in [9.17, 15) is 4.89 Å². The summed E-state index contributed by atoms with van der Waals surface area (Å²) in [6.07, 6.45) is 3.66. The SMILES string of the molecule is CCOP(O)(=S)CCCCc1ccccc1. The number of rotatable bonds is 7. The second kappa shape index (κ2) is 7.18. The van der Waals surface area contributed by atoms with Gasteiger partial charge in [-0.2, -0.15) is 0 Å². The summed E-state index contributed by atoms with van der Waals surface area (Å²) < 4.78 is 5.16. The summed E-state index contributed by atoms with van der Waals surface area (Å²) in [6, 6.07) is 10.4. The smallest absolute Gasteiger partial charge is 0.186 e. The van der Waals surface area contributed by atoms with Crippen LogP contribution in [0.1, 0.15) is 25.3 Å². The number of hydrogen-bond acceptors (Lipinski definition) is 2. The third-order valence-corrected chi connectivity index (χ3v) is 4.74. The van der Waals surface area contributed by atoms with E-state index in [0.29, 0.717) is 12.8 Å².